The second kappa shape index (κ2) is 10.7. The van der Waals surface area contributed by atoms with Crippen LogP contribution in [0.5, 0.6) is 0 Å². The van der Waals surface area contributed by atoms with Crippen LogP contribution in [0.3, 0.4) is 0 Å². The van der Waals surface area contributed by atoms with Gasteiger partial charge in [0.15, 0.2) is 0 Å². The first-order valence-electron chi connectivity index (χ1n) is 9.63. The zero-order valence-electron chi connectivity index (χ0n) is 16.7. The Morgan fingerprint density at radius 3 is 2.26 bits per heavy atom. The molecule has 31 heavy (non-hydrogen) atoms. The molecule has 0 unspecified atom stereocenters. The number of nitrogens with one attached hydrogen (secondary N) is 1. The van der Waals surface area contributed by atoms with E-state index in [1.54, 1.807) is 31.2 Å². The van der Waals surface area contributed by atoms with Crippen molar-refractivity contribution in [1.82, 2.24) is 0 Å². The van der Waals surface area contributed by atoms with Gasteiger partial charge < -0.3 is 18.9 Å². The third kappa shape index (κ3) is 6.82. The molecule has 2 aromatic rings. The van der Waals surface area contributed by atoms with Crippen molar-refractivity contribution < 1.29 is 23.7 Å². The Hall–Kier alpha value is -1.83. The Labute approximate surface area is 195 Å². The minimum absolute atomic E-state index is 0.267. The average molecular weight is 487 g/mol. The highest BCUT2D eigenvalue weighted by atomic mass is 35.6. The molecule has 3 rings (SSSR count). The Kier molecular flexibility index (Phi) is 8.19. The van der Waals surface area contributed by atoms with Crippen molar-refractivity contribution in [2.45, 2.75) is 48.3 Å². The number of hydrogen-bond donors (Lipinski definition) is 1. The summed E-state index contributed by atoms with van der Waals surface area (Å²) >= 11 is 17.2. The average Bonchev–Trinajstić information content (AvgIpc) is 2.75. The van der Waals surface area contributed by atoms with Crippen LogP contribution in [-0.2, 0) is 25.6 Å². The summed E-state index contributed by atoms with van der Waals surface area (Å²) in [5.74, 6) is -1.04. The molecule has 1 fully saturated rings. The molecule has 0 spiro atoms. The summed E-state index contributed by atoms with van der Waals surface area (Å²) < 4.78 is 20.9. The number of ether oxygens (including phenoxy) is 4. The van der Waals surface area contributed by atoms with E-state index in [1.165, 1.54) is 0 Å². The van der Waals surface area contributed by atoms with Gasteiger partial charge in [-0.15, -0.1) is 0 Å². The summed E-state index contributed by atoms with van der Waals surface area (Å²) in [6.45, 7) is 2.01. The maximum Gasteiger partial charge on any atom is 0.338 e. The van der Waals surface area contributed by atoms with Gasteiger partial charge in [0.2, 0.25) is 12.2 Å². The van der Waals surface area contributed by atoms with Crippen molar-refractivity contribution in [2.75, 3.05) is 0 Å². The summed E-state index contributed by atoms with van der Waals surface area (Å²) in [6.07, 6.45) is -2.51. The number of carbonyl (C=O) groups excluding carboxylic acids is 1. The van der Waals surface area contributed by atoms with Crippen molar-refractivity contribution in [3.8, 4) is 0 Å². The number of alkyl halides is 3. The molecule has 1 aliphatic rings. The summed E-state index contributed by atoms with van der Waals surface area (Å²) in [4.78, 5) is 12.5. The minimum Gasteiger partial charge on any atom is -0.456 e. The van der Waals surface area contributed by atoms with Crippen LogP contribution in [-0.4, -0.2) is 40.3 Å². The van der Waals surface area contributed by atoms with Crippen LogP contribution in [0, 0.1) is 5.41 Å². The molecule has 166 valence electrons. The molecule has 2 aromatic carbocycles. The molecule has 6 nitrogen and oxygen atoms in total. The van der Waals surface area contributed by atoms with Crippen LogP contribution >= 0.6 is 34.8 Å². The van der Waals surface area contributed by atoms with Crippen LogP contribution in [0.25, 0.3) is 0 Å². The molecule has 0 bridgehead atoms. The van der Waals surface area contributed by atoms with Gasteiger partial charge in [-0.25, -0.2) is 4.79 Å². The third-order valence-corrected chi connectivity index (χ3v) is 5.22. The molecule has 0 aliphatic carbocycles. The molecule has 1 saturated heterocycles. The van der Waals surface area contributed by atoms with E-state index >= 15 is 0 Å². The van der Waals surface area contributed by atoms with Gasteiger partial charge in [-0.1, -0.05) is 83.3 Å². The SMILES string of the molecule is C[C@@H]1O[C@@H](OC(=N)C(Cl)(Cl)Cl)[C@H](OCc2ccccc2)C[C@@H]1OC(=O)c1ccccc1. The van der Waals surface area contributed by atoms with Crippen LogP contribution in [0.4, 0.5) is 0 Å². The van der Waals surface area contributed by atoms with Gasteiger partial charge in [0.25, 0.3) is 3.79 Å². The number of carbonyl (C=O) groups is 1. The molecule has 9 heteroatoms. The Morgan fingerprint density at radius 2 is 1.65 bits per heavy atom. The first-order chi connectivity index (χ1) is 14.7. The van der Waals surface area contributed by atoms with Crippen molar-refractivity contribution in [1.29, 1.82) is 5.41 Å². The molecule has 0 aromatic heterocycles. The molecular formula is C22H22Cl3NO5. The molecule has 0 saturated carbocycles. The lowest BCUT2D eigenvalue weighted by molar-refractivity contribution is -0.248. The zero-order valence-corrected chi connectivity index (χ0v) is 18.9. The van der Waals surface area contributed by atoms with Gasteiger partial charge in [0.05, 0.1) is 18.3 Å². The summed E-state index contributed by atoms with van der Waals surface area (Å²) in [7, 11) is 0. The number of benzene rings is 2. The highest BCUT2D eigenvalue weighted by Gasteiger charge is 2.42. The molecule has 1 aliphatic heterocycles. The predicted octanol–water partition coefficient (Wildman–Crippen LogP) is 5.30. The highest BCUT2D eigenvalue weighted by Crippen LogP contribution is 2.32. The quantitative estimate of drug-likeness (QED) is 0.260. The third-order valence-electron chi connectivity index (χ3n) is 4.71. The molecule has 0 radical (unpaired) electrons. The van der Waals surface area contributed by atoms with Crippen molar-refractivity contribution in [3.63, 3.8) is 0 Å². The van der Waals surface area contributed by atoms with Gasteiger partial charge in [-0.2, -0.15) is 0 Å². The van der Waals surface area contributed by atoms with E-state index < -0.39 is 40.3 Å². The second-order valence-electron chi connectivity index (χ2n) is 7.03. The van der Waals surface area contributed by atoms with Gasteiger partial charge in [0, 0.05) is 6.42 Å². The predicted molar refractivity (Wildman–Crippen MR) is 119 cm³/mol. The monoisotopic (exact) mass is 485 g/mol. The lowest BCUT2D eigenvalue weighted by Crippen LogP contribution is -2.51. The Balaban J connectivity index is 1.71. The van der Waals surface area contributed by atoms with Crippen LogP contribution in [0.2, 0.25) is 0 Å². The number of hydrogen-bond acceptors (Lipinski definition) is 6. The topological polar surface area (TPSA) is 77.8 Å². The molecule has 4 atom stereocenters. The molecule has 1 heterocycles. The molecule has 0 amide bonds. The fraction of sp³-hybridized carbons (Fsp3) is 0.364. The van der Waals surface area contributed by atoms with Crippen molar-refractivity contribution in [3.05, 3.63) is 71.8 Å². The minimum atomic E-state index is -2.03. The van der Waals surface area contributed by atoms with E-state index in [0.29, 0.717) is 5.56 Å². The lowest BCUT2D eigenvalue weighted by Gasteiger charge is -2.39. The maximum absolute atomic E-state index is 12.5. The Morgan fingerprint density at radius 1 is 1.03 bits per heavy atom. The van der Waals surface area contributed by atoms with Crippen molar-refractivity contribution >= 4 is 46.7 Å². The molecule has 1 N–H and O–H groups in total. The van der Waals surface area contributed by atoms with E-state index in [9.17, 15) is 4.79 Å². The summed E-state index contributed by atoms with van der Waals surface area (Å²) in [6, 6.07) is 18.2. The van der Waals surface area contributed by atoms with E-state index in [2.05, 4.69) is 0 Å². The van der Waals surface area contributed by atoms with Crippen LogP contribution in [0.15, 0.2) is 60.7 Å². The Bertz CT molecular complexity index is 876. The van der Waals surface area contributed by atoms with Gasteiger partial charge >= 0.3 is 5.97 Å². The first kappa shape index (κ1) is 23.8. The van der Waals surface area contributed by atoms with E-state index in [0.717, 1.165) is 5.56 Å². The van der Waals surface area contributed by atoms with Crippen molar-refractivity contribution in [2.24, 2.45) is 0 Å². The smallest absolute Gasteiger partial charge is 0.338 e. The standard InChI is InChI=1S/C22H22Cl3NO5/c1-14-17(30-19(27)16-10-6-3-7-11-16)12-18(28-13-15-8-4-2-5-9-15)20(29-14)31-21(26)22(23,24)25/h2-11,14,17-18,20,26H,12-13H2,1H3/t14-,17-,18+,20-/m0/s1. The van der Waals surface area contributed by atoms with Gasteiger partial charge in [0.1, 0.15) is 12.2 Å². The highest BCUT2D eigenvalue weighted by molar-refractivity contribution is 6.76. The number of rotatable bonds is 6. The second-order valence-corrected chi connectivity index (χ2v) is 9.32. The maximum atomic E-state index is 12.5. The normalized spacial score (nSPS) is 23.7. The first-order valence-corrected chi connectivity index (χ1v) is 10.8. The molecular weight excluding hydrogens is 465 g/mol. The fourth-order valence-electron chi connectivity index (χ4n) is 3.05. The van der Waals surface area contributed by atoms with E-state index in [-0.39, 0.29) is 13.0 Å². The zero-order chi connectivity index (χ0) is 22.4. The number of halogens is 3. The largest absolute Gasteiger partial charge is 0.456 e. The number of esters is 1. The van der Waals surface area contributed by atoms with Gasteiger partial charge in [-0.3, -0.25) is 5.41 Å². The lowest BCUT2D eigenvalue weighted by atomic mass is 10.0. The van der Waals surface area contributed by atoms with Crippen LogP contribution in [0.1, 0.15) is 29.3 Å². The summed E-state index contributed by atoms with van der Waals surface area (Å²) in [5, 5.41) is 7.87. The van der Waals surface area contributed by atoms with E-state index in [1.807, 2.05) is 36.4 Å². The van der Waals surface area contributed by atoms with Gasteiger partial charge in [-0.05, 0) is 24.6 Å². The summed E-state index contributed by atoms with van der Waals surface area (Å²) in [5.41, 5.74) is 1.38. The van der Waals surface area contributed by atoms with Crippen LogP contribution < -0.4 is 0 Å². The fourth-order valence-corrected chi connectivity index (χ4v) is 3.19. The van der Waals surface area contributed by atoms with E-state index in [4.69, 9.17) is 59.2 Å².